The molecule has 2 rings (SSSR count). The summed E-state index contributed by atoms with van der Waals surface area (Å²) >= 11 is 0. The van der Waals surface area contributed by atoms with Crippen LogP contribution in [0.2, 0.25) is 0 Å². The average Bonchev–Trinajstić information content (AvgIpc) is 2.81. The van der Waals surface area contributed by atoms with Crippen molar-refractivity contribution in [1.82, 2.24) is 15.0 Å². The molecule has 0 bridgehead atoms. The van der Waals surface area contributed by atoms with Crippen molar-refractivity contribution in [3.63, 3.8) is 0 Å². The highest BCUT2D eigenvalue weighted by atomic mass is 16.5. The molecule has 18 heavy (non-hydrogen) atoms. The zero-order valence-corrected chi connectivity index (χ0v) is 11.7. The number of rotatable bonds is 2. The Labute approximate surface area is 108 Å². The minimum Gasteiger partial charge on any atom is -0.339 e. The van der Waals surface area contributed by atoms with Crippen molar-refractivity contribution in [2.24, 2.45) is 0 Å². The van der Waals surface area contributed by atoms with Gasteiger partial charge in [0, 0.05) is 24.4 Å². The molecule has 2 heterocycles. The molecule has 5 heteroatoms. The summed E-state index contributed by atoms with van der Waals surface area (Å²) in [6.07, 6.45) is 0.469. The minimum absolute atomic E-state index is 0.0386. The van der Waals surface area contributed by atoms with Gasteiger partial charge in [0.25, 0.3) is 0 Å². The fourth-order valence-corrected chi connectivity index (χ4v) is 2.17. The van der Waals surface area contributed by atoms with Crippen molar-refractivity contribution >= 4 is 5.91 Å². The molecule has 1 fully saturated rings. The lowest BCUT2D eigenvalue weighted by Gasteiger charge is -2.31. The second kappa shape index (κ2) is 4.37. The highest BCUT2D eigenvalue weighted by Crippen LogP contribution is 2.32. The summed E-state index contributed by atoms with van der Waals surface area (Å²) in [7, 11) is 0. The van der Waals surface area contributed by atoms with E-state index in [2.05, 4.69) is 10.1 Å². The Hall–Kier alpha value is -1.39. The molecule has 5 nitrogen and oxygen atoms in total. The van der Waals surface area contributed by atoms with Crippen LogP contribution in [0.1, 0.15) is 64.6 Å². The van der Waals surface area contributed by atoms with Crippen LogP contribution in [-0.4, -0.2) is 33.0 Å². The normalized spacial score (nSPS) is 21.1. The van der Waals surface area contributed by atoms with Crippen molar-refractivity contribution in [2.75, 3.05) is 6.54 Å². The first kappa shape index (κ1) is 13.1. The van der Waals surface area contributed by atoms with E-state index >= 15 is 0 Å². The van der Waals surface area contributed by atoms with Gasteiger partial charge in [-0.15, -0.1) is 0 Å². The molecule has 1 amide bonds. The fraction of sp³-hybridized carbons (Fsp3) is 0.769. The molecule has 0 radical (unpaired) electrons. The Balaban J connectivity index is 2.14. The number of carbonyl (C=O) groups excluding carboxylic acids is 1. The first-order valence-electron chi connectivity index (χ1n) is 6.43. The zero-order chi connectivity index (χ0) is 13.5. The van der Waals surface area contributed by atoms with E-state index < -0.39 is 0 Å². The van der Waals surface area contributed by atoms with Crippen LogP contribution in [0.15, 0.2) is 4.52 Å². The van der Waals surface area contributed by atoms with Crippen LogP contribution < -0.4 is 0 Å². The van der Waals surface area contributed by atoms with Gasteiger partial charge in [-0.2, -0.15) is 4.98 Å². The Kier molecular flexibility index (Phi) is 3.17. The van der Waals surface area contributed by atoms with Crippen molar-refractivity contribution in [2.45, 2.75) is 58.4 Å². The molecule has 100 valence electrons. The lowest BCUT2D eigenvalue weighted by molar-refractivity contribution is -0.131. The van der Waals surface area contributed by atoms with Gasteiger partial charge in [-0.3, -0.25) is 4.79 Å². The lowest BCUT2D eigenvalue weighted by atomic mass is 10.1. The van der Waals surface area contributed by atoms with E-state index in [4.69, 9.17) is 4.52 Å². The first-order chi connectivity index (χ1) is 8.29. The molecule has 0 N–H and O–H groups in total. The number of likely N-dealkylation sites (tertiary alicyclic amines) is 1. The van der Waals surface area contributed by atoms with Gasteiger partial charge in [0.15, 0.2) is 5.82 Å². The molecule has 1 aliphatic rings. The topological polar surface area (TPSA) is 59.2 Å². The molecule has 0 spiro atoms. The maximum absolute atomic E-state index is 12.0. The van der Waals surface area contributed by atoms with Gasteiger partial charge in [0.1, 0.15) is 0 Å². The predicted octanol–water partition coefficient (Wildman–Crippen LogP) is 2.31. The standard InChI is InChI=1S/C13H21N3O2/c1-8(2)11-14-12(18-15-11)9-6-10(17)16(7-9)13(3,4)5/h8-9H,6-7H2,1-5H3/t9-/m1/s1. The van der Waals surface area contributed by atoms with Crippen LogP contribution in [0, 0.1) is 0 Å². The Morgan fingerprint density at radius 2 is 2.06 bits per heavy atom. The summed E-state index contributed by atoms with van der Waals surface area (Å²) in [5.74, 6) is 1.76. The van der Waals surface area contributed by atoms with Gasteiger partial charge in [0.05, 0.1) is 5.92 Å². The van der Waals surface area contributed by atoms with Gasteiger partial charge in [-0.1, -0.05) is 19.0 Å². The van der Waals surface area contributed by atoms with E-state index in [1.54, 1.807) is 0 Å². The van der Waals surface area contributed by atoms with Gasteiger partial charge in [-0.05, 0) is 20.8 Å². The van der Waals surface area contributed by atoms with Crippen molar-refractivity contribution in [3.8, 4) is 0 Å². The van der Waals surface area contributed by atoms with E-state index in [9.17, 15) is 4.79 Å². The van der Waals surface area contributed by atoms with Gasteiger partial charge in [0.2, 0.25) is 11.8 Å². The van der Waals surface area contributed by atoms with Crippen LogP contribution >= 0.6 is 0 Å². The largest absolute Gasteiger partial charge is 0.339 e. The fourth-order valence-electron chi connectivity index (χ4n) is 2.17. The Morgan fingerprint density at radius 1 is 1.39 bits per heavy atom. The molecule has 1 atom stereocenters. The summed E-state index contributed by atoms with van der Waals surface area (Å²) in [6, 6.07) is 0. The molecule has 1 aromatic heterocycles. The summed E-state index contributed by atoms with van der Waals surface area (Å²) < 4.78 is 5.28. The third-order valence-electron chi connectivity index (χ3n) is 3.26. The third-order valence-corrected chi connectivity index (χ3v) is 3.26. The quantitative estimate of drug-likeness (QED) is 0.809. The summed E-state index contributed by atoms with van der Waals surface area (Å²) in [5, 5.41) is 3.96. The van der Waals surface area contributed by atoms with Crippen LogP contribution in [0.25, 0.3) is 0 Å². The van der Waals surface area contributed by atoms with Crippen molar-refractivity contribution in [3.05, 3.63) is 11.7 Å². The van der Waals surface area contributed by atoms with E-state index in [0.717, 1.165) is 0 Å². The van der Waals surface area contributed by atoms with Crippen LogP contribution in [0.5, 0.6) is 0 Å². The van der Waals surface area contributed by atoms with Crippen LogP contribution in [0.4, 0.5) is 0 Å². The lowest BCUT2D eigenvalue weighted by Crippen LogP contribution is -2.42. The van der Waals surface area contributed by atoms with Crippen LogP contribution in [0.3, 0.4) is 0 Å². The number of amides is 1. The summed E-state index contributed by atoms with van der Waals surface area (Å²) in [6.45, 7) is 10.8. The van der Waals surface area contributed by atoms with E-state index in [1.807, 2.05) is 39.5 Å². The Morgan fingerprint density at radius 3 is 2.50 bits per heavy atom. The molecule has 0 unspecified atom stereocenters. The number of hydrogen-bond donors (Lipinski definition) is 0. The smallest absolute Gasteiger partial charge is 0.232 e. The molecule has 0 aliphatic carbocycles. The summed E-state index contributed by atoms with van der Waals surface area (Å²) in [5.41, 5.74) is -0.146. The van der Waals surface area contributed by atoms with Gasteiger partial charge in [-0.25, -0.2) is 0 Å². The zero-order valence-electron chi connectivity index (χ0n) is 11.7. The predicted molar refractivity (Wildman–Crippen MR) is 67.2 cm³/mol. The summed E-state index contributed by atoms with van der Waals surface area (Å²) in [4.78, 5) is 18.3. The monoisotopic (exact) mass is 251 g/mol. The maximum Gasteiger partial charge on any atom is 0.232 e. The number of hydrogen-bond acceptors (Lipinski definition) is 4. The van der Waals surface area contributed by atoms with Crippen molar-refractivity contribution in [1.29, 1.82) is 0 Å². The highest BCUT2D eigenvalue weighted by molar-refractivity contribution is 5.80. The number of nitrogens with zero attached hydrogens (tertiary/aromatic N) is 3. The third kappa shape index (κ3) is 2.40. The van der Waals surface area contributed by atoms with E-state index in [-0.39, 0.29) is 23.3 Å². The highest BCUT2D eigenvalue weighted by Gasteiger charge is 2.39. The maximum atomic E-state index is 12.0. The van der Waals surface area contributed by atoms with Gasteiger partial charge < -0.3 is 9.42 Å². The molecule has 0 aromatic carbocycles. The SMILES string of the molecule is CC(C)c1noc([C@@H]2CC(=O)N(C(C)(C)C)C2)n1. The van der Waals surface area contributed by atoms with Gasteiger partial charge >= 0.3 is 0 Å². The first-order valence-corrected chi connectivity index (χ1v) is 6.43. The van der Waals surface area contributed by atoms with Crippen LogP contribution in [-0.2, 0) is 4.79 Å². The molecule has 1 saturated heterocycles. The second-order valence-corrected chi connectivity index (χ2v) is 6.22. The minimum atomic E-state index is -0.146. The molecular weight excluding hydrogens is 230 g/mol. The van der Waals surface area contributed by atoms with Crippen molar-refractivity contribution < 1.29 is 9.32 Å². The number of carbonyl (C=O) groups is 1. The van der Waals surface area contributed by atoms with E-state index in [1.165, 1.54) is 0 Å². The molecule has 1 aromatic rings. The molecular formula is C13H21N3O2. The van der Waals surface area contributed by atoms with E-state index in [0.29, 0.717) is 24.7 Å². The second-order valence-electron chi connectivity index (χ2n) is 6.22. The average molecular weight is 251 g/mol. The molecule has 1 aliphatic heterocycles. The molecule has 0 saturated carbocycles. The Bertz CT molecular complexity index is 445. The number of aromatic nitrogens is 2.